The van der Waals surface area contributed by atoms with Crippen LogP contribution in [-0.2, 0) is 10.0 Å². The van der Waals surface area contributed by atoms with Crippen molar-refractivity contribution >= 4 is 21.6 Å². The molecule has 0 unspecified atom stereocenters. The third kappa shape index (κ3) is 5.71. The van der Waals surface area contributed by atoms with E-state index in [1.165, 1.54) is 20.3 Å². The SMILES string of the molecule is COc1ccc(C(C)C)cc1-c1nc(C(=O)N[C@H](C)c2cc(F)c(NS(C)(=O)=O)c(F)c2)co1. The maximum Gasteiger partial charge on any atom is 0.273 e. The van der Waals surface area contributed by atoms with E-state index in [2.05, 4.69) is 10.3 Å². The molecule has 0 spiro atoms. The number of benzene rings is 2. The summed E-state index contributed by atoms with van der Waals surface area (Å²) in [6.45, 7) is 5.60. The Hall–Kier alpha value is -3.47. The van der Waals surface area contributed by atoms with Crippen molar-refractivity contribution in [1.82, 2.24) is 10.3 Å². The van der Waals surface area contributed by atoms with Crippen molar-refractivity contribution in [2.45, 2.75) is 32.7 Å². The number of hydrogen-bond acceptors (Lipinski definition) is 6. The van der Waals surface area contributed by atoms with Gasteiger partial charge in [0.1, 0.15) is 17.7 Å². The number of nitrogens with one attached hydrogen (secondary N) is 2. The van der Waals surface area contributed by atoms with Crippen molar-refractivity contribution in [3.63, 3.8) is 0 Å². The van der Waals surface area contributed by atoms with Crippen LogP contribution in [0.15, 0.2) is 41.0 Å². The number of amides is 1. The summed E-state index contributed by atoms with van der Waals surface area (Å²) in [5.41, 5.74) is 0.890. The predicted octanol–water partition coefficient (Wildman–Crippen LogP) is 4.61. The fourth-order valence-corrected chi connectivity index (χ4v) is 3.80. The summed E-state index contributed by atoms with van der Waals surface area (Å²) in [5.74, 6) is -1.88. The summed E-state index contributed by atoms with van der Waals surface area (Å²) in [6.07, 6.45) is 1.96. The zero-order valence-electron chi connectivity index (χ0n) is 19.3. The van der Waals surface area contributed by atoms with E-state index >= 15 is 0 Å². The molecule has 1 atom stereocenters. The highest BCUT2D eigenvalue weighted by molar-refractivity contribution is 7.92. The number of rotatable bonds is 8. The number of carbonyl (C=O) groups excluding carboxylic acids is 1. The number of carbonyl (C=O) groups is 1. The lowest BCUT2D eigenvalue weighted by molar-refractivity contribution is 0.0934. The summed E-state index contributed by atoms with van der Waals surface area (Å²) in [6, 6.07) is 6.66. The van der Waals surface area contributed by atoms with Gasteiger partial charge in [0, 0.05) is 0 Å². The standard InChI is InChI=1S/C23H25F2N3O5S/c1-12(2)14-6-7-20(32-4)16(8-14)23-27-19(11-33-23)22(29)26-13(3)15-9-17(24)21(18(25)10-15)28-34(5,30)31/h6-13,28H,1-5H3,(H,26,29)/t13-/m1/s1. The third-order valence-electron chi connectivity index (χ3n) is 5.06. The van der Waals surface area contributed by atoms with E-state index in [9.17, 15) is 22.0 Å². The van der Waals surface area contributed by atoms with Crippen LogP contribution in [0.4, 0.5) is 14.5 Å². The van der Waals surface area contributed by atoms with Gasteiger partial charge >= 0.3 is 0 Å². The molecule has 0 saturated heterocycles. The van der Waals surface area contributed by atoms with Gasteiger partial charge in [0.05, 0.1) is 25.0 Å². The van der Waals surface area contributed by atoms with Crippen LogP contribution in [0.1, 0.15) is 54.3 Å². The van der Waals surface area contributed by atoms with Crippen LogP contribution < -0.4 is 14.8 Å². The van der Waals surface area contributed by atoms with Gasteiger partial charge in [-0.05, 0) is 48.2 Å². The monoisotopic (exact) mass is 493 g/mol. The molecule has 182 valence electrons. The summed E-state index contributed by atoms with van der Waals surface area (Å²) in [5, 5.41) is 2.59. The fraction of sp³-hybridized carbons (Fsp3) is 0.304. The Morgan fingerprint density at radius 3 is 2.29 bits per heavy atom. The molecule has 0 aliphatic heterocycles. The number of oxazole rings is 1. The number of sulfonamides is 1. The molecule has 1 aromatic heterocycles. The molecule has 2 N–H and O–H groups in total. The average Bonchev–Trinajstić information content (AvgIpc) is 3.25. The van der Waals surface area contributed by atoms with Crippen molar-refractivity contribution in [2.75, 3.05) is 18.1 Å². The number of anilines is 1. The van der Waals surface area contributed by atoms with E-state index < -0.39 is 39.3 Å². The normalized spacial score (nSPS) is 12.5. The van der Waals surface area contributed by atoms with Gasteiger partial charge in [-0.3, -0.25) is 9.52 Å². The second-order valence-corrected chi connectivity index (χ2v) is 9.83. The number of nitrogens with zero attached hydrogens (tertiary/aromatic N) is 1. The molecular weight excluding hydrogens is 468 g/mol. The van der Waals surface area contributed by atoms with Crippen molar-refractivity contribution in [1.29, 1.82) is 0 Å². The molecule has 8 nitrogen and oxygen atoms in total. The molecule has 1 heterocycles. The van der Waals surface area contributed by atoms with E-state index in [1.54, 1.807) is 10.8 Å². The van der Waals surface area contributed by atoms with Crippen LogP contribution in [0.25, 0.3) is 11.5 Å². The van der Waals surface area contributed by atoms with Gasteiger partial charge in [-0.1, -0.05) is 19.9 Å². The Morgan fingerprint density at radius 1 is 1.09 bits per heavy atom. The van der Waals surface area contributed by atoms with E-state index in [0.29, 0.717) is 11.3 Å². The first-order chi connectivity index (χ1) is 15.9. The van der Waals surface area contributed by atoms with Crippen molar-refractivity contribution < 1.29 is 31.1 Å². The van der Waals surface area contributed by atoms with Crippen LogP contribution in [0.5, 0.6) is 5.75 Å². The van der Waals surface area contributed by atoms with Gasteiger partial charge in [-0.15, -0.1) is 0 Å². The predicted molar refractivity (Wildman–Crippen MR) is 123 cm³/mol. The quantitative estimate of drug-likeness (QED) is 0.474. The second kappa shape index (κ2) is 9.80. The molecule has 11 heteroatoms. The first kappa shape index (κ1) is 25.2. The molecule has 3 rings (SSSR count). The highest BCUT2D eigenvalue weighted by Gasteiger charge is 2.21. The van der Waals surface area contributed by atoms with Gasteiger partial charge in [0.15, 0.2) is 17.3 Å². The zero-order chi connectivity index (χ0) is 25.2. The minimum absolute atomic E-state index is 0.0323. The van der Waals surface area contributed by atoms with Crippen LogP contribution in [-0.4, -0.2) is 32.7 Å². The molecular formula is C23H25F2N3O5S. The first-order valence-electron chi connectivity index (χ1n) is 10.3. The number of ether oxygens (including phenoxy) is 1. The topological polar surface area (TPSA) is 111 Å². The maximum absolute atomic E-state index is 14.3. The highest BCUT2D eigenvalue weighted by Crippen LogP contribution is 2.32. The lowest BCUT2D eigenvalue weighted by atomic mass is 10.0. The molecule has 0 aliphatic carbocycles. The smallest absolute Gasteiger partial charge is 0.273 e. The van der Waals surface area contributed by atoms with E-state index in [1.807, 2.05) is 26.0 Å². The first-order valence-corrected chi connectivity index (χ1v) is 12.2. The van der Waals surface area contributed by atoms with Crippen molar-refractivity contribution in [3.05, 3.63) is 65.1 Å². The highest BCUT2D eigenvalue weighted by atomic mass is 32.2. The minimum Gasteiger partial charge on any atom is -0.496 e. The largest absolute Gasteiger partial charge is 0.496 e. The zero-order valence-corrected chi connectivity index (χ0v) is 20.1. The Labute approximate surface area is 196 Å². The van der Waals surface area contributed by atoms with Gasteiger partial charge in [0.2, 0.25) is 15.9 Å². The number of halogens is 2. The molecule has 34 heavy (non-hydrogen) atoms. The number of aromatic nitrogens is 1. The van der Waals surface area contributed by atoms with Crippen LogP contribution in [0.2, 0.25) is 0 Å². The Morgan fingerprint density at radius 2 is 1.74 bits per heavy atom. The Bertz CT molecular complexity index is 1300. The van der Waals surface area contributed by atoms with Crippen LogP contribution in [0.3, 0.4) is 0 Å². The summed E-state index contributed by atoms with van der Waals surface area (Å²) in [7, 11) is -2.36. The third-order valence-corrected chi connectivity index (χ3v) is 5.63. The van der Waals surface area contributed by atoms with E-state index in [-0.39, 0.29) is 23.1 Å². The molecule has 0 fully saturated rings. The fourth-order valence-electron chi connectivity index (χ4n) is 3.23. The minimum atomic E-state index is -3.87. The number of methoxy groups -OCH3 is 1. The summed E-state index contributed by atoms with van der Waals surface area (Å²) < 4.78 is 63.9. The summed E-state index contributed by atoms with van der Waals surface area (Å²) >= 11 is 0. The molecule has 3 aromatic rings. The van der Waals surface area contributed by atoms with Crippen molar-refractivity contribution in [3.8, 4) is 17.2 Å². The van der Waals surface area contributed by atoms with Crippen LogP contribution in [0, 0.1) is 11.6 Å². The van der Waals surface area contributed by atoms with E-state index in [4.69, 9.17) is 9.15 Å². The van der Waals surface area contributed by atoms with E-state index in [0.717, 1.165) is 24.0 Å². The molecule has 0 saturated carbocycles. The second-order valence-electron chi connectivity index (χ2n) is 8.08. The lowest BCUT2D eigenvalue weighted by Crippen LogP contribution is -2.27. The van der Waals surface area contributed by atoms with Gasteiger partial charge < -0.3 is 14.5 Å². The molecule has 0 bridgehead atoms. The molecule has 1 amide bonds. The van der Waals surface area contributed by atoms with Gasteiger partial charge in [0.25, 0.3) is 5.91 Å². The van der Waals surface area contributed by atoms with Gasteiger partial charge in [-0.2, -0.15) is 0 Å². The molecule has 0 aliphatic rings. The van der Waals surface area contributed by atoms with Crippen molar-refractivity contribution in [2.24, 2.45) is 0 Å². The maximum atomic E-state index is 14.3. The Balaban J connectivity index is 1.81. The number of hydrogen-bond donors (Lipinski definition) is 2. The molecule has 0 radical (unpaired) electrons. The van der Waals surface area contributed by atoms with Crippen LogP contribution >= 0.6 is 0 Å². The lowest BCUT2D eigenvalue weighted by Gasteiger charge is -2.15. The Kier molecular flexibility index (Phi) is 7.25. The molecule has 2 aromatic carbocycles. The van der Waals surface area contributed by atoms with Gasteiger partial charge in [-0.25, -0.2) is 22.2 Å². The summed E-state index contributed by atoms with van der Waals surface area (Å²) in [4.78, 5) is 16.9. The average molecular weight is 494 g/mol.